The van der Waals surface area contributed by atoms with Gasteiger partial charge in [0.25, 0.3) is 10.1 Å². The maximum absolute atomic E-state index is 11.2. The van der Waals surface area contributed by atoms with Gasteiger partial charge in [-0.05, 0) is 44.4 Å². The van der Waals surface area contributed by atoms with E-state index in [4.69, 9.17) is 4.18 Å². The lowest BCUT2D eigenvalue weighted by Gasteiger charge is -2.41. The van der Waals surface area contributed by atoms with Crippen molar-refractivity contribution in [1.82, 2.24) is 9.80 Å². The van der Waals surface area contributed by atoms with Crippen LogP contribution in [0, 0.1) is 5.92 Å². The van der Waals surface area contributed by atoms with Crippen molar-refractivity contribution in [3.05, 3.63) is 0 Å². The first-order valence-electron chi connectivity index (χ1n) is 8.34. The molecule has 2 saturated carbocycles. The molecule has 2 aliphatic carbocycles. The van der Waals surface area contributed by atoms with Crippen LogP contribution in [0.5, 0.6) is 0 Å². The van der Waals surface area contributed by atoms with Gasteiger partial charge in [0.05, 0.1) is 12.4 Å². The monoisotopic (exact) mass is 316 g/mol. The van der Waals surface area contributed by atoms with Gasteiger partial charge in [-0.2, -0.15) is 8.42 Å². The highest BCUT2D eigenvalue weighted by molar-refractivity contribution is 7.86. The van der Waals surface area contributed by atoms with E-state index in [9.17, 15) is 8.42 Å². The molecule has 1 heterocycles. The first-order chi connectivity index (χ1) is 9.99. The minimum Gasteiger partial charge on any atom is -0.301 e. The second kappa shape index (κ2) is 6.52. The van der Waals surface area contributed by atoms with Gasteiger partial charge >= 0.3 is 0 Å². The van der Waals surface area contributed by atoms with Gasteiger partial charge in [-0.1, -0.05) is 0 Å². The SMILES string of the molecule is CS(=O)(=O)OC1CCC(N2CCN(CC3CC3)CC2)CC1. The van der Waals surface area contributed by atoms with Crippen molar-refractivity contribution in [3.63, 3.8) is 0 Å². The summed E-state index contributed by atoms with van der Waals surface area (Å²) in [6.07, 6.45) is 7.83. The average molecular weight is 316 g/mol. The molecule has 6 heteroatoms. The summed E-state index contributed by atoms with van der Waals surface area (Å²) in [5, 5.41) is 0. The normalized spacial score (nSPS) is 33.2. The lowest BCUT2D eigenvalue weighted by molar-refractivity contribution is 0.0523. The van der Waals surface area contributed by atoms with E-state index in [1.54, 1.807) is 0 Å². The molecule has 0 bridgehead atoms. The van der Waals surface area contributed by atoms with E-state index in [1.807, 2.05) is 0 Å². The summed E-state index contributed by atoms with van der Waals surface area (Å²) in [6, 6.07) is 0.632. The molecule has 0 aromatic rings. The van der Waals surface area contributed by atoms with E-state index in [0.29, 0.717) is 6.04 Å². The van der Waals surface area contributed by atoms with Crippen molar-refractivity contribution in [2.75, 3.05) is 39.0 Å². The molecule has 0 amide bonds. The fourth-order valence-corrected chi connectivity index (χ4v) is 4.42. The minimum atomic E-state index is -3.30. The van der Waals surface area contributed by atoms with Crippen LogP contribution < -0.4 is 0 Å². The molecular formula is C15H28N2O3S. The summed E-state index contributed by atoms with van der Waals surface area (Å²) in [5.41, 5.74) is 0. The third-order valence-corrected chi connectivity index (χ3v) is 5.71. The zero-order valence-electron chi connectivity index (χ0n) is 13.0. The smallest absolute Gasteiger partial charge is 0.264 e. The summed E-state index contributed by atoms with van der Waals surface area (Å²) in [6.45, 7) is 6.07. The Hall–Kier alpha value is -0.170. The maximum atomic E-state index is 11.2. The Morgan fingerprint density at radius 2 is 1.57 bits per heavy atom. The van der Waals surface area contributed by atoms with Gasteiger partial charge in [-0.15, -0.1) is 0 Å². The van der Waals surface area contributed by atoms with Crippen LogP contribution in [-0.2, 0) is 14.3 Å². The first kappa shape index (κ1) is 15.7. The standard InChI is InChI=1S/C15H28N2O3S/c1-21(18,19)20-15-6-4-14(5-7-15)17-10-8-16(9-11-17)12-13-2-3-13/h13-15H,2-12H2,1H3. The average Bonchev–Trinajstić information content (AvgIpc) is 3.23. The second-order valence-corrected chi connectivity index (χ2v) is 8.61. The van der Waals surface area contributed by atoms with E-state index >= 15 is 0 Å². The molecule has 1 saturated heterocycles. The Morgan fingerprint density at radius 3 is 2.10 bits per heavy atom. The lowest BCUT2D eigenvalue weighted by atomic mass is 9.91. The maximum Gasteiger partial charge on any atom is 0.264 e. The molecule has 0 unspecified atom stereocenters. The summed E-state index contributed by atoms with van der Waals surface area (Å²) in [4.78, 5) is 5.23. The third-order valence-electron chi connectivity index (χ3n) is 5.09. The van der Waals surface area contributed by atoms with Gasteiger partial charge in [-0.25, -0.2) is 0 Å². The number of piperazine rings is 1. The molecule has 3 rings (SSSR count). The summed E-state index contributed by atoms with van der Waals surface area (Å²) < 4.78 is 27.5. The van der Waals surface area contributed by atoms with Crippen molar-refractivity contribution in [2.24, 2.45) is 5.92 Å². The highest BCUT2D eigenvalue weighted by atomic mass is 32.2. The van der Waals surface area contributed by atoms with E-state index in [0.717, 1.165) is 37.9 Å². The van der Waals surface area contributed by atoms with E-state index < -0.39 is 10.1 Å². The molecule has 3 fully saturated rings. The van der Waals surface area contributed by atoms with Crippen molar-refractivity contribution in [3.8, 4) is 0 Å². The van der Waals surface area contributed by atoms with Crippen LogP contribution in [0.4, 0.5) is 0 Å². The molecule has 3 aliphatic rings. The molecule has 0 atom stereocenters. The van der Waals surface area contributed by atoms with Gasteiger partial charge in [0.1, 0.15) is 0 Å². The molecule has 0 aromatic carbocycles. The predicted molar refractivity (Wildman–Crippen MR) is 82.7 cm³/mol. The molecule has 122 valence electrons. The van der Waals surface area contributed by atoms with Gasteiger partial charge in [0.15, 0.2) is 0 Å². The van der Waals surface area contributed by atoms with E-state index in [1.165, 1.54) is 45.6 Å². The van der Waals surface area contributed by atoms with Crippen LogP contribution in [0.15, 0.2) is 0 Å². The highest BCUT2D eigenvalue weighted by Crippen LogP contribution is 2.31. The highest BCUT2D eigenvalue weighted by Gasteiger charge is 2.31. The zero-order valence-corrected chi connectivity index (χ0v) is 13.9. The van der Waals surface area contributed by atoms with Crippen LogP contribution >= 0.6 is 0 Å². The fourth-order valence-electron chi connectivity index (χ4n) is 3.73. The Morgan fingerprint density at radius 1 is 0.952 bits per heavy atom. The second-order valence-electron chi connectivity index (χ2n) is 7.01. The molecule has 0 aromatic heterocycles. The predicted octanol–water partition coefficient (Wildman–Crippen LogP) is 1.30. The number of nitrogens with zero attached hydrogens (tertiary/aromatic N) is 2. The van der Waals surface area contributed by atoms with Crippen LogP contribution in [0.2, 0.25) is 0 Å². The van der Waals surface area contributed by atoms with Gasteiger partial charge in [0, 0.05) is 38.8 Å². The molecule has 21 heavy (non-hydrogen) atoms. The number of rotatable bonds is 5. The molecule has 5 nitrogen and oxygen atoms in total. The van der Waals surface area contributed by atoms with Crippen molar-refractivity contribution < 1.29 is 12.6 Å². The lowest BCUT2D eigenvalue weighted by Crippen LogP contribution is -2.51. The van der Waals surface area contributed by atoms with Gasteiger partial charge < -0.3 is 4.90 Å². The fraction of sp³-hybridized carbons (Fsp3) is 1.00. The number of hydrogen-bond acceptors (Lipinski definition) is 5. The Balaban J connectivity index is 1.38. The Kier molecular flexibility index (Phi) is 4.88. The molecule has 1 aliphatic heterocycles. The topological polar surface area (TPSA) is 49.9 Å². The summed E-state index contributed by atoms with van der Waals surface area (Å²) in [7, 11) is -3.30. The first-order valence-corrected chi connectivity index (χ1v) is 10.2. The van der Waals surface area contributed by atoms with Crippen molar-refractivity contribution >= 4 is 10.1 Å². The van der Waals surface area contributed by atoms with E-state index in [2.05, 4.69) is 9.80 Å². The van der Waals surface area contributed by atoms with Crippen LogP contribution in [0.3, 0.4) is 0 Å². The van der Waals surface area contributed by atoms with Crippen molar-refractivity contribution in [2.45, 2.75) is 50.7 Å². The van der Waals surface area contributed by atoms with Crippen LogP contribution in [-0.4, -0.2) is 69.3 Å². The molecule has 0 spiro atoms. The third kappa shape index (κ3) is 4.91. The van der Waals surface area contributed by atoms with Gasteiger partial charge in [-0.3, -0.25) is 9.08 Å². The summed E-state index contributed by atoms with van der Waals surface area (Å²) >= 11 is 0. The summed E-state index contributed by atoms with van der Waals surface area (Å²) in [5.74, 6) is 0.986. The zero-order chi connectivity index (χ0) is 14.9. The molecule has 0 N–H and O–H groups in total. The van der Waals surface area contributed by atoms with Crippen molar-refractivity contribution in [1.29, 1.82) is 0 Å². The quantitative estimate of drug-likeness (QED) is 0.716. The minimum absolute atomic E-state index is 0.0904. The largest absolute Gasteiger partial charge is 0.301 e. The Bertz CT molecular complexity index is 434. The van der Waals surface area contributed by atoms with Crippen LogP contribution in [0.25, 0.3) is 0 Å². The number of hydrogen-bond donors (Lipinski definition) is 0. The Labute approximate surface area is 128 Å². The van der Waals surface area contributed by atoms with Crippen LogP contribution in [0.1, 0.15) is 38.5 Å². The molecule has 0 radical (unpaired) electrons. The van der Waals surface area contributed by atoms with E-state index in [-0.39, 0.29) is 6.10 Å². The molecular weight excluding hydrogens is 288 g/mol. The van der Waals surface area contributed by atoms with Gasteiger partial charge in [0.2, 0.25) is 0 Å².